The summed E-state index contributed by atoms with van der Waals surface area (Å²) < 4.78 is 1.24. The third kappa shape index (κ3) is 4.97. The minimum Gasteiger partial charge on any atom is -0.356 e. The van der Waals surface area contributed by atoms with Crippen LogP contribution in [-0.2, 0) is 17.8 Å². The fourth-order valence-corrected chi connectivity index (χ4v) is 4.89. The number of nitrogens with one attached hydrogen (secondary N) is 1. The monoisotopic (exact) mass is 393 g/mol. The van der Waals surface area contributed by atoms with Gasteiger partial charge in [-0.1, -0.05) is 42.5 Å². The van der Waals surface area contributed by atoms with Gasteiger partial charge in [0.25, 0.3) is 0 Å². The lowest BCUT2D eigenvalue weighted by Crippen LogP contribution is -2.42. The Labute approximate surface area is 170 Å². The second-order valence-electron chi connectivity index (χ2n) is 7.53. The minimum absolute atomic E-state index is 0.111. The van der Waals surface area contributed by atoms with Crippen LogP contribution in [0.15, 0.2) is 54.6 Å². The van der Waals surface area contributed by atoms with Gasteiger partial charge >= 0.3 is 0 Å². The molecule has 2 heterocycles. The normalized spacial score (nSPS) is 17.6. The van der Waals surface area contributed by atoms with E-state index in [1.807, 2.05) is 12.1 Å². The second kappa shape index (κ2) is 9.30. The van der Waals surface area contributed by atoms with Gasteiger partial charge in [-0.25, -0.2) is 4.98 Å². The molecule has 3 aromatic rings. The molecule has 2 aromatic carbocycles. The van der Waals surface area contributed by atoms with Crippen molar-refractivity contribution in [3.8, 4) is 0 Å². The Morgan fingerprint density at radius 1 is 1.14 bits per heavy atom. The molecule has 1 fully saturated rings. The number of nitrogens with zero attached hydrogens (tertiary/aromatic N) is 2. The van der Waals surface area contributed by atoms with Gasteiger partial charge in [0.05, 0.1) is 21.1 Å². The first kappa shape index (κ1) is 19.1. The Morgan fingerprint density at radius 2 is 1.96 bits per heavy atom. The molecule has 1 amide bonds. The predicted molar refractivity (Wildman–Crippen MR) is 115 cm³/mol. The number of hydrogen-bond donors (Lipinski definition) is 1. The summed E-state index contributed by atoms with van der Waals surface area (Å²) in [6.07, 6.45) is 3.95. The van der Waals surface area contributed by atoms with Crippen LogP contribution in [0.1, 0.15) is 29.8 Å². The highest BCUT2D eigenvalue weighted by molar-refractivity contribution is 7.18. The van der Waals surface area contributed by atoms with Crippen LogP contribution in [0.2, 0.25) is 0 Å². The predicted octanol–water partition coefficient (Wildman–Crippen LogP) is 4.26. The fourth-order valence-electron chi connectivity index (χ4n) is 3.88. The molecule has 1 N–H and O–H groups in total. The summed E-state index contributed by atoms with van der Waals surface area (Å²) in [6.45, 7) is 3.60. The van der Waals surface area contributed by atoms with E-state index in [0.717, 1.165) is 62.4 Å². The van der Waals surface area contributed by atoms with Gasteiger partial charge in [-0.2, -0.15) is 0 Å². The highest BCUT2D eigenvalue weighted by Gasteiger charge is 2.25. The molecule has 28 heavy (non-hydrogen) atoms. The van der Waals surface area contributed by atoms with E-state index >= 15 is 0 Å². The molecule has 1 aliphatic rings. The van der Waals surface area contributed by atoms with Gasteiger partial charge in [-0.05, 0) is 43.5 Å². The number of likely N-dealkylation sites (tertiary alicyclic amines) is 1. The maximum atomic E-state index is 12.6. The zero-order valence-corrected chi connectivity index (χ0v) is 17.0. The molecule has 4 nitrogen and oxygen atoms in total. The third-order valence-electron chi connectivity index (χ3n) is 5.33. The van der Waals surface area contributed by atoms with Crippen molar-refractivity contribution in [1.29, 1.82) is 0 Å². The number of rotatable bonds is 7. The largest absolute Gasteiger partial charge is 0.356 e. The van der Waals surface area contributed by atoms with E-state index in [-0.39, 0.29) is 11.8 Å². The fraction of sp³-hybridized carbons (Fsp3) is 0.391. The van der Waals surface area contributed by atoms with Crippen LogP contribution >= 0.6 is 11.3 Å². The number of carbonyl (C=O) groups is 1. The highest BCUT2D eigenvalue weighted by Crippen LogP contribution is 2.22. The summed E-state index contributed by atoms with van der Waals surface area (Å²) in [5, 5.41) is 4.31. The molecule has 1 aromatic heterocycles. The molecule has 1 unspecified atom stereocenters. The van der Waals surface area contributed by atoms with Gasteiger partial charge in [0.1, 0.15) is 0 Å². The van der Waals surface area contributed by atoms with Crippen LogP contribution in [0.5, 0.6) is 0 Å². The molecule has 1 saturated heterocycles. The van der Waals surface area contributed by atoms with Crippen molar-refractivity contribution in [3.63, 3.8) is 0 Å². The number of piperidine rings is 1. The van der Waals surface area contributed by atoms with Gasteiger partial charge in [0.15, 0.2) is 0 Å². The Hall–Kier alpha value is -2.24. The van der Waals surface area contributed by atoms with E-state index in [2.05, 4.69) is 57.7 Å². The van der Waals surface area contributed by atoms with Gasteiger partial charge in [-0.15, -0.1) is 11.3 Å². The second-order valence-corrected chi connectivity index (χ2v) is 8.64. The third-order valence-corrected chi connectivity index (χ3v) is 6.43. The molecule has 0 aliphatic carbocycles. The quantitative estimate of drug-likeness (QED) is 0.610. The first-order valence-corrected chi connectivity index (χ1v) is 11.0. The molecule has 0 radical (unpaired) electrons. The first-order valence-electron chi connectivity index (χ1n) is 10.2. The van der Waals surface area contributed by atoms with Crippen molar-refractivity contribution in [1.82, 2.24) is 15.2 Å². The van der Waals surface area contributed by atoms with Gasteiger partial charge in [0.2, 0.25) is 5.91 Å². The van der Waals surface area contributed by atoms with E-state index in [1.165, 1.54) is 10.3 Å². The standard InChI is InChI=1S/C23H27N3OS/c27-23(19-10-7-15-26(17-19)16-18-8-2-1-3-9-18)24-14-6-13-22-25-20-11-4-5-12-21(20)28-22/h1-5,8-9,11-12,19H,6-7,10,13-17H2,(H,24,27). The first-order chi connectivity index (χ1) is 13.8. The lowest BCUT2D eigenvalue weighted by atomic mass is 9.96. The van der Waals surface area contributed by atoms with Crippen molar-refractivity contribution in [3.05, 3.63) is 65.2 Å². The van der Waals surface area contributed by atoms with Crippen molar-refractivity contribution in [2.45, 2.75) is 32.2 Å². The van der Waals surface area contributed by atoms with Crippen LogP contribution in [0.4, 0.5) is 0 Å². The van der Waals surface area contributed by atoms with E-state index in [0.29, 0.717) is 0 Å². The van der Waals surface area contributed by atoms with Crippen LogP contribution in [0.3, 0.4) is 0 Å². The van der Waals surface area contributed by atoms with E-state index in [9.17, 15) is 4.79 Å². The Kier molecular flexibility index (Phi) is 6.34. The summed E-state index contributed by atoms with van der Waals surface area (Å²) in [6, 6.07) is 18.8. The summed E-state index contributed by atoms with van der Waals surface area (Å²) in [4.78, 5) is 19.7. The average Bonchev–Trinajstić information content (AvgIpc) is 3.15. The average molecular weight is 394 g/mol. The van der Waals surface area contributed by atoms with Crippen LogP contribution < -0.4 is 5.32 Å². The van der Waals surface area contributed by atoms with Crippen molar-refractivity contribution in [2.75, 3.05) is 19.6 Å². The van der Waals surface area contributed by atoms with E-state index in [4.69, 9.17) is 0 Å². The molecule has 1 atom stereocenters. The SMILES string of the molecule is O=C(NCCCc1nc2ccccc2s1)C1CCCN(Cc2ccccc2)C1. The summed E-state index contributed by atoms with van der Waals surface area (Å²) in [5.74, 6) is 0.321. The zero-order chi connectivity index (χ0) is 19.2. The van der Waals surface area contributed by atoms with E-state index in [1.54, 1.807) is 11.3 Å². The number of hydrogen-bond acceptors (Lipinski definition) is 4. The molecule has 146 valence electrons. The van der Waals surface area contributed by atoms with Crippen molar-refractivity contribution < 1.29 is 4.79 Å². The number of amides is 1. The number of para-hydroxylation sites is 1. The molecule has 5 heteroatoms. The molecular formula is C23H27N3OS. The smallest absolute Gasteiger partial charge is 0.224 e. The number of aryl methyl sites for hydroxylation is 1. The zero-order valence-electron chi connectivity index (χ0n) is 16.1. The summed E-state index contributed by atoms with van der Waals surface area (Å²) in [5.41, 5.74) is 2.40. The molecular weight excluding hydrogens is 366 g/mol. The molecule has 0 spiro atoms. The van der Waals surface area contributed by atoms with Crippen LogP contribution in [0, 0.1) is 5.92 Å². The van der Waals surface area contributed by atoms with Crippen molar-refractivity contribution in [2.24, 2.45) is 5.92 Å². The van der Waals surface area contributed by atoms with Gasteiger partial charge in [0, 0.05) is 26.1 Å². The molecule has 4 rings (SSSR count). The van der Waals surface area contributed by atoms with E-state index < -0.39 is 0 Å². The van der Waals surface area contributed by atoms with Gasteiger partial charge in [-0.3, -0.25) is 9.69 Å². The maximum absolute atomic E-state index is 12.6. The minimum atomic E-state index is 0.111. The topological polar surface area (TPSA) is 45.2 Å². The molecule has 0 bridgehead atoms. The molecule has 0 saturated carbocycles. The lowest BCUT2D eigenvalue weighted by molar-refractivity contribution is -0.126. The maximum Gasteiger partial charge on any atom is 0.224 e. The summed E-state index contributed by atoms with van der Waals surface area (Å²) >= 11 is 1.75. The highest BCUT2D eigenvalue weighted by atomic mass is 32.1. The number of fused-ring (bicyclic) bond motifs is 1. The lowest BCUT2D eigenvalue weighted by Gasteiger charge is -2.32. The van der Waals surface area contributed by atoms with Crippen LogP contribution in [0.25, 0.3) is 10.2 Å². The number of aromatic nitrogens is 1. The Morgan fingerprint density at radius 3 is 2.82 bits per heavy atom. The Bertz CT molecular complexity index is 875. The number of benzene rings is 2. The Balaban J connectivity index is 1.21. The number of carbonyl (C=O) groups excluding carboxylic acids is 1. The summed E-state index contributed by atoms with van der Waals surface area (Å²) in [7, 11) is 0. The number of thiazole rings is 1. The molecule has 1 aliphatic heterocycles. The van der Waals surface area contributed by atoms with Gasteiger partial charge < -0.3 is 5.32 Å². The van der Waals surface area contributed by atoms with Crippen molar-refractivity contribution >= 4 is 27.5 Å². The van der Waals surface area contributed by atoms with Crippen LogP contribution in [-0.4, -0.2) is 35.4 Å².